The van der Waals surface area contributed by atoms with Crippen LogP contribution in [-0.4, -0.2) is 28.3 Å². The first-order valence-corrected chi connectivity index (χ1v) is 10.0. The molecule has 1 heterocycles. The van der Waals surface area contributed by atoms with Gasteiger partial charge in [0.25, 0.3) is 5.91 Å². The number of benzene rings is 2. The van der Waals surface area contributed by atoms with Crippen LogP contribution in [0.2, 0.25) is 0 Å². The van der Waals surface area contributed by atoms with E-state index in [-0.39, 0.29) is 5.91 Å². The van der Waals surface area contributed by atoms with Gasteiger partial charge in [-0.1, -0.05) is 42.8 Å². The van der Waals surface area contributed by atoms with Gasteiger partial charge in [0.05, 0.1) is 10.6 Å². The van der Waals surface area contributed by atoms with Crippen molar-refractivity contribution < 1.29 is 19.4 Å². The number of para-hydroxylation sites is 1. The summed E-state index contributed by atoms with van der Waals surface area (Å²) >= 11 is 1.24. The zero-order valence-corrected chi connectivity index (χ0v) is 17.2. The monoisotopic (exact) mass is 410 g/mol. The molecule has 1 saturated heterocycles. The summed E-state index contributed by atoms with van der Waals surface area (Å²) in [6.07, 6.45) is 1.08. The number of nitrogens with one attached hydrogen (secondary N) is 1. The van der Waals surface area contributed by atoms with E-state index in [1.54, 1.807) is 31.2 Å². The van der Waals surface area contributed by atoms with Crippen LogP contribution in [0.5, 0.6) is 5.75 Å². The summed E-state index contributed by atoms with van der Waals surface area (Å²) < 4.78 is 5.64. The maximum atomic E-state index is 12.4. The molecule has 0 saturated carbocycles. The predicted octanol–water partition coefficient (Wildman–Crippen LogP) is 4.44. The van der Waals surface area contributed by atoms with E-state index >= 15 is 0 Å². The van der Waals surface area contributed by atoms with Gasteiger partial charge in [0.15, 0.2) is 11.3 Å². The van der Waals surface area contributed by atoms with Crippen molar-refractivity contribution >= 4 is 40.6 Å². The van der Waals surface area contributed by atoms with Crippen molar-refractivity contribution in [2.24, 2.45) is 4.99 Å². The zero-order chi connectivity index (χ0) is 21.0. The van der Waals surface area contributed by atoms with E-state index in [4.69, 9.17) is 4.74 Å². The number of amidine groups is 1. The van der Waals surface area contributed by atoms with Gasteiger partial charge >= 0.3 is 5.97 Å². The lowest BCUT2D eigenvalue weighted by molar-refractivity contribution is -0.145. The third-order valence-electron chi connectivity index (χ3n) is 4.35. The van der Waals surface area contributed by atoms with Crippen molar-refractivity contribution in [3.63, 3.8) is 0 Å². The Hall–Kier alpha value is -3.06. The minimum atomic E-state index is -1.02. The molecule has 1 unspecified atom stereocenters. The van der Waals surface area contributed by atoms with Crippen molar-refractivity contribution in [1.82, 2.24) is 5.32 Å². The highest BCUT2D eigenvalue weighted by molar-refractivity contribution is 8.18. The molecule has 1 fully saturated rings. The molecule has 1 amide bonds. The van der Waals surface area contributed by atoms with E-state index in [2.05, 4.69) is 10.3 Å². The molecular weight excluding hydrogens is 388 g/mol. The molecule has 0 aromatic heterocycles. The molecule has 7 heteroatoms. The number of nitrogens with zero attached hydrogens (tertiary/aromatic N) is 1. The molecule has 2 aromatic carbocycles. The number of ether oxygens (including phenoxy) is 1. The van der Waals surface area contributed by atoms with Gasteiger partial charge in [0, 0.05) is 5.56 Å². The smallest absolute Gasteiger partial charge is 0.344 e. The first-order valence-electron chi connectivity index (χ1n) is 9.22. The number of rotatable bonds is 6. The number of carbonyl (C=O) groups excluding carboxylic acids is 1. The fraction of sp³-hybridized carbons (Fsp3) is 0.227. The van der Waals surface area contributed by atoms with Gasteiger partial charge < -0.3 is 15.2 Å². The van der Waals surface area contributed by atoms with E-state index in [1.807, 2.05) is 38.1 Å². The molecule has 0 bridgehead atoms. The number of aliphatic carboxylic acids is 1. The molecule has 1 atom stereocenters. The van der Waals surface area contributed by atoms with Gasteiger partial charge in [-0.05, 0) is 55.8 Å². The lowest BCUT2D eigenvalue weighted by Crippen LogP contribution is -2.26. The third-order valence-corrected chi connectivity index (χ3v) is 5.26. The van der Waals surface area contributed by atoms with E-state index < -0.39 is 12.1 Å². The molecule has 2 aromatic rings. The summed E-state index contributed by atoms with van der Waals surface area (Å²) in [7, 11) is 0. The fourth-order valence-corrected chi connectivity index (χ4v) is 3.66. The lowest BCUT2D eigenvalue weighted by Gasteiger charge is -2.15. The Morgan fingerprint density at radius 2 is 2.03 bits per heavy atom. The first kappa shape index (κ1) is 20.7. The fourth-order valence-electron chi connectivity index (χ4n) is 2.83. The molecule has 2 N–H and O–H groups in total. The Kier molecular flexibility index (Phi) is 6.39. The minimum Gasteiger partial charge on any atom is -0.479 e. The van der Waals surface area contributed by atoms with E-state index in [9.17, 15) is 14.7 Å². The summed E-state index contributed by atoms with van der Waals surface area (Å²) in [5.74, 6) is -0.855. The highest BCUT2D eigenvalue weighted by Gasteiger charge is 2.25. The molecule has 29 heavy (non-hydrogen) atoms. The van der Waals surface area contributed by atoms with Crippen molar-refractivity contribution in [2.45, 2.75) is 33.3 Å². The Labute approximate surface area is 173 Å². The number of carbonyl (C=O) groups is 2. The quantitative estimate of drug-likeness (QED) is 0.688. The van der Waals surface area contributed by atoms with Crippen LogP contribution < -0.4 is 10.1 Å². The second kappa shape index (κ2) is 8.96. The normalized spacial score (nSPS) is 17.4. The number of amides is 1. The Bertz CT molecular complexity index is 1010. The molecule has 1 aliphatic rings. The number of hydrogen-bond acceptors (Lipinski definition) is 5. The number of carboxylic acids is 1. The predicted molar refractivity (Wildman–Crippen MR) is 116 cm³/mol. The second-order valence-corrected chi connectivity index (χ2v) is 7.69. The average molecular weight is 410 g/mol. The van der Waals surface area contributed by atoms with E-state index in [0.717, 1.165) is 16.8 Å². The Balaban J connectivity index is 1.85. The van der Waals surface area contributed by atoms with Crippen LogP contribution in [0.15, 0.2) is 52.4 Å². The molecule has 6 nitrogen and oxygen atoms in total. The maximum absolute atomic E-state index is 12.4. The number of thioether (sulfide) groups is 1. The Morgan fingerprint density at radius 3 is 2.72 bits per heavy atom. The van der Waals surface area contributed by atoms with Crippen molar-refractivity contribution in [3.05, 3.63) is 64.1 Å². The third kappa shape index (κ3) is 5.06. The van der Waals surface area contributed by atoms with Crippen LogP contribution in [0, 0.1) is 13.8 Å². The first-order chi connectivity index (χ1) is 13.9. The van der Waals surface area contributed by atoms with Gasteiger partial charge in [-0.3, -0.25) is 4.79 Å². The summed E-state index contributed by atoms with van der Waals surface area (Å²) in [5, 5.41) is 12.5. The molecule has 3 rings (SSSR count). The number of aryl methyl sites for hydroxylation is 2. The highest BCUT2D eigenvalue weighted by Crippen LogP contribution is 2.31. The van der Waals surface area contributed by atoms with E-state index in [1.165, 1.54) is 11.8 Å². The van der Waals surface area contributed by atoms with Crippen LogP contribution in [0.1, 0.15) is 30.0 Å². The standard InChI is InChI=1S/C22H22N2O4S/c1-4-17(21(26)27)28-18-8-6-5-7-15(18)12-19-20(25)24-22(29-19)23-16-10-9-13(2)11-14(16)3/h5-12,17H,4H2,1-3H3,(H,26,27)(H,23,24,25)/b19-12+. The van der Waals surface area contributed by atoms with Gasteiger partial charge in [0.1, 0.15) is 5.75 Å². The number of hydrogen-bond donors (Lipinski definition) is 2. The highest BCUT2D eigenvalue weighted by atomic mass is 32.2. The molecule has 150 valence electrons. The summed E-state index contributed by atoms with van der Waals surface area (Å²) in [6, 6.07) is 13.0. The van der Waals surface area contributed by atoms with Crippen LogP contribution in [-0.2, 0) is 9.59 Å². The molecule has 1 aliphatic heterocycles. The SMILES string of the molecule is CCC(Oc1ccccc1/C=C1/SC(=Nc2ccc(C)cc2C)NC1=O)C(=O)O. The van der Waals surface area contributed by atoms with Gasteiger partial charge in [-0.15, -0.1) is 0 Å². The van der Waals surface area contributed by atoms with Gasteiger partial charge in [0.2, 0.25) is 0 Å². The average Bonchev–Trinajstić information content (AvgIpc) is 3.02. The summed E-state index contributed by atoms with van der Waals surface area (Å²) in [5.41, 5.74) is 3.62. The molecular formula is C22H22N2O4S. The zero-order valence-electron chi connectivity index (χ0n) is 16.4. The molecule has 0 radical (unpaired) electrons. The lowest BCUT2D eigenvalue weighted by atomic mass is 10.1. The maximum Gasteiger partial charge on any atom is 0.344 e. The van der Waals surface area contributed by atoms with Crippen LogP contribution >= 0.6 is 11.8 Å². The van der Waals surface area contributed by atoms with Gasteiger partial charge in [-0.2, -0.15) is 0 Å². The van der Waals surface area contributed by atoms with Crippen molar-refractivity contribution in [1.29, 1.82) is 0 Å². The molecule has 0 aliphatic carbocycles. The van der Waals surface area contributed by atoms with Crippen LogP contribution in [0.4, 0.5) is 5.69 Å². The van der Waals surface area contributed by atoms with Crippen molar-refractivity contribution in [2.75, 3.05) is 0 Å². The number of carboxylic acid groups (broad SMARTS) is 1. The largest absolute Gasteiger partial charge is 0.479 e. The summed E-state index contributed by atoms with van der Waals surface area (Å²) in [6.45, 7) is 5.74. The topological polar surface area (TPSA) is 88.0 Å². The molecule has 0 spiro atoms. The van der Waals surface area contributed by atoms with Gasteiger partial charge in [-0.25, -0.2) is 9.79 Å². The number of aliphatic imine (C=N–C) groups is 1. The van der Waals surface area contributed by atoms with Crippen molar-refractivity contribution in [3.8, 4) is 5.75 Å². The van der Waals surface area contributed by atoms with Crippen LogP contribution in [0.25, 0.3) is 6.08 Å². The second-order valence-electron chi connectivity index (χ2n) is 6.66. The van der Waals surface area contributed by atoms with Crippen LogP contribution in [0.3, 0.4) is 0 Å². The minimum absolute atomic E-state index is 0.251. The van der Waals surface area contributed by atoms with E-state index in [0.29, 0.717) is 27.8 Å². The summed E-state index contributed by atoms with van der Waals surface area (Å²) in [4.78, 5) is 28.7. The Morgan fingerprint density at radius 1 is 1.28 bits per heavy atom.